The van der Waals surface area contributed by atoms with Crippen LogP contribution >= 0.6 is 11.6 Å². The molecule has 1 unspecified atom stereocenters. The van der Waals surface area contributed by atoms with Crippen molar-refractivity contribution >= 4 is 40.4 Å². The lowest BCUT2D eigenvalue weighted by molar-refractivity contribution is -0.134. The van der Waals surface area contributed by atoms with Gasteiger partial charge in [0.05, 0.1) is 12.1 Å². The lowest BCUT2D eigenvalue weighted by atomic mass is 9.96. The molecule has 4 rings (SSSR count). The lowest BCUT2D eigenvalue weighted by Crippen LogP contribution is -2.59. The molecule has 0 aliphatic heterocycles. The zero-order valence-electron chi connectivity index (χ0n) is 28.9. The lowest BCUT2D eigenvalue weighted by Gasteiger charge is -2.29. The number of hydrogen-bond acceptors (Lipinski definition) is 8. The summed E-state index contributed by atoms with van der Waals surface area (Å²) < 4.78 is 5.86. The summed E-state index contributed by atoms with van der Waals surface area (Å²) in [5.74, 6) is -1.36. The third-order valence-corrected chi connectivity index (χ3v) is 9.03. The molecule has 11 nitrogen and oxygen atoms in total. The maximum atomic E-state index is 14.0. The van der Waals surface area contributed by atoms with E-state index in [0.717, 1.165) is 11.1 Å². The highest BCUT2D eigenvalue weighted by molar-refractivity contribution is 6.31. The summed E-state index contributed by atoms with van der Waals surface area (Å²) in [5.41, 5.74) is 8.62. The van der Waals surface area contributed by atoms with Crippen LogP contribution in [0.5, 0.6) is 0 Å². The Balaban J connectivity index is 1.54. The Labute approximate surface area is 298 Å². The minimum absolute atomic E-state index is 0.00845. The summed E-state index contributed by atoms with van der Waals surface area (Å²) in [6.45, 7) is 6.02. The number of fused-ring (bicyclic) bond motifs is 1. The maximum absolute atomic E-state index is 14.0. The van der Waals surface area contributed by atoms with Gasteiger partial charge in [-0.3, -0.25) is 19.7 Å². The first-order chi connectivity index (χ1) is 24.1. The van der Waals surface area contributed by atoms with Gasteiger partial charge in [-0.2, -0.15) is 0 Å². The number of benzene rings is 3. The van der Waals surface area contributed by atoms with Crippen molar-refractivity contribution in [2.24, 2.45) is 11.7 Å². The molecule has 0 bridgehead atoms. The highest BCUT2D eigenvalue weighted by Crippen LogP contribution is 2.23. The zero-order chi connectivity index (χ0) is 36.0. The molecule has 4 aromatic rings. The number of aromatic nitrogens is 1. The van der Waals surface area contributed by atoms with Crippen LogP contribution < -0.4 is 27.0 Å². The third-order valence-electron chi connectivity index (χ3n) is 8.80. The normalized spacial score (nSPS) is 14.5. The zero-order valence-corrected chi connectivity index (χ0v) is 29.7. The number of aliphatic hydroxyl groups excluding tert-OH is 1. The predicted molar refractivity (Wildman–Crippen MR) is 195 cm³/mol. The fourth-order valence-electron chi connectivity index (χ4n) is 5.66. The molecule has 0 radical (unpaired) electrons. The first-order valence-electron chi connectivity index (χ1n) is 17.3. The number of carbonyl (C=O) groups is 3. The van der Waals surface area contributed by atoms with E-state index in [2.05, 4.69) is 26.3 Å². The molecule has 50 heavy (non-hydrogen) atoms. The highest BCUT2D eigenvalue weighted by atomic mass is 35.5. The molecule has 268 valence electrons. The average molecular weight is 705 g/mol. The van der Waals surface area contributed by atoms with Crippen molar-refractivity contribution in [3.05, 3.63) is 101 Å². The van der Waals surface area contributed by atoms with Crippen LogP contribution in [0, 0.1) is 5.92 Å². The number of nitrogens with one attached hydrogen (secondary N) is 4. The largest absolute Gasteiger partial charge is 0.441 e. The number of unbranched alkanes of at least 4 members (excludes halogenated alkanes) is 1. The fourth-order valence-corrected chi connectivity index (χ4v) is 5.82. The summed E-state index contributed by atoms with van der Waals surface area (Å²) in [6, 6.07) is 21.1. The molecule has 0 spiro atoms. The van der Waals surface area contributed by atoms with Crippen molar-refractivity contribution in [1.29, 1.82) is 0 Å². The first-order valence-corrected chi connectivity index (χ1v) is 17.7. The third kappa shape index (κ3) is 10.9. The van der Waals surface area contributed by atoms with E-state index in [1.165, 1.54) is 0 Å². The van der Waals surface area contributed by atoms with Gasteiger partial charge in [-0.1, -0.05) is 99.5 Å². The van der Waals surface area contributed by atoms with Gasteiger partial charge >= 0.3 is 0 Å². The van der Waals surface area contributed by atoms with Gasteiger partial charge in [0.15, 0.2) is 11.5 Å². The number of hydrogen-bond donors (Lipinski definition) is 6. The van der Waals surface area contributed by atoms with Crippen LogP contribution in [0.2, 0.25) is 5.02 Å². The van der Waals surface area contributed by atoms with E-state index in [0.29, 0.717) is 54.8 Å². The van der Waals surface area contributed by atoms with Crippen molar-refractivity contribution < 1.29 is 23.9 Å². The standard InChI is InChI=1S/C38H49ClN6O5/c1-4-24(3)34(44-37(48)30(41-32(46)5-2)23-33-42-28-20-19-27(39)22-31(28)50-33)38(49)43-29(18-12-13-21-40)36(47)45-35(25-14-8-6-9-15-25)26-16-10-7-11-17-26/h6-11,14-17,19-20,22,24,29-30,32,34-35,41,46H,4-5,12-13,18,21,23,40H2,1-3H3,(H,43,49)(H,44,48)(H,45,47)/t24-,29-,30-,32?,34-/m0/s1. The number of amides is 3. The summed E-state index contributed by atoms with van der Waals surface area (Å²) in [7, 11) is 0. The SMILES string of the molecule is CCC(O)N[C@@H](Cc1nc2ccc(Cl)cc2o1)C(=O)N[C@H](C(=O)N[C@@H](CCCCN)C(=O)NC(c1ccccc1)c1ccccc1)[C@@H](C)CC. The molecule has 0 saturated heterocycles. The molecular formula is C38H49ClN6O5. The van der Waals surface area contributed by atoms with Crippen LogP contribution in [-0.4, -0.2) is 58.7 Å². The molecule has 0 saturated carbocycles. The van der Waals surface area contributed by atoms with Crippen molar-refractivity contribution in [1.82, 2.24) is 26.3 Å². The van der Waals surface area contributed by atoms with Gasteiger partial charge in [-0.15, -0.1) is 0 Å². The second-order valence-corrected chi connectivity index (χ2v) is 13.0. The molecule has 0 aliphatic carbocycles. The van der Waals surface area contributed by atoms with E-state index >= 15 is 0 Å². The van der Waals surface area contributed by atoms with E-state index in [1.54, 1.807) is 25.1 Å². The molecule has 12 heteroatoms. The minimum Gasteiger partial charge on any atom is -0.441 e. The van der Waals surface area contributed by atoms with Gasteiger partial charge in [0.1, 0.15) is 23.8 Å². The quantitative estimate of drug-likeness (QED) is 0.0599. The number of halogens is 1. The van der Waals surface area contributed by atoms with Crippen LogP contribution in [-0.2, 0) is 20.8 Å². The number of aliphatic hydroxyl groups is 1. The molecule has 7 N–H and O–H groups in total. The minimum atomic E-state index is -0.988. The van der Waals surface area contributed by atoms with Gasteiger partial charge in [-0.05, 0) is 61.4 Å². The number of carbonyl (C=O) groups excluding carboxylic acids is 3. The number of nitrogens with zero attached hydrogens (tertiary/aromatic N) is 1. The Kier molecular flexibility index (Phi) is 14.8. The van der Waals surface area contributed by atoms with Crippen LogP contribution in [0.4, 0.5) is 0 Å². The molecule has 1 heterocycles. The van der Waals surface area contributed by atoms with Gasteiger partial charge in [0, 0.05) is 17.5 Å². The molecule has 1 aromatic heterocycles. The Morgan fingerprint density at radius 3 is 2.08 bits per heavy atom. The predicted octanol–water partition coefficient (Wildman–Crippen LogP) is 4.76. The Hall–Kier alpha value is -4.29. The fraction of sp³-hybridized carbons (Fsp3) is 0.421. The summed E-state index contributed by atoms with van der Waals surface area (Å²) in [6.07, 6.45) is 1.60. The average Bonchev–Trinajstić information content (AvgIpc) is 3.53. The van der Waals surface area contributed by atoms with Crippen LogP contribution in [0.25, 0.3) is 11.1 Å². The molecule has 0 aliphatic rings. The molecule has 5 atom stereocenters. The Morgan fingerprint density at radius 2 is 1.48 bits per heavy atom. The summed E-state index contributed by atoms with van der Waals surface area (Å²) >= 11 is 6.11. The number of nitrogens with two attached hydrogens (primary N) is 1. The second kappa shape index (κ2) is 19.2. The molecule has 0 fully saturated rings. The van der Waals surface area contributed by atoms with E-state index in [9.17, 15) is 19.5 Å². The van der Waals surface area contributed by atoms with E-state index in [4.69, 9.17) is 21.8 Å². The van der Waals surface area contributed by atoms with Gasteiger partial charge in [0.25, 0.3) is 0 Å². The molecule has 3 aromatic carbocycles. The van der Waals surface area contributed by atoms with Crippen molar-refractivity contribution in [3.63, 3.8) is 0 Å². The number of oxazole rings is 1. The van der Waals surface area contributed by atoms with E-state index in [1.807, 2.05) is 74.5 Å². The monoisotopic (exact) mass is 704 g/mol. The van der Waals surface area contributed by atoms with Crippen LogP contribution in [0.3, 0.4) is 0 Å². The van der Waals surface area contributed by atoms with E-state index in [-0.39, 0.29) is 24.1 Å². The van der Waals surface area contributed by atoms with Crippen molar-refractivity contribution in [3.8, 4) is 0 Å². The topological polar surface area (TPSA) is 172 Å². The Bertz CT molecular complexity index is 1630. The smallest absolute Gasteiger partial charge is 0.243 e. The molecule has 3 amide bonds. The summed E-state index contributed by atoms with van der Waals surface area (Å²) in [4.78, 5) is 46.3. The Morgan fingerprint density at radius 1 is 0.840 bits per heavy atom. The highest BCUT2D eigenvalue weighted by Gasteiger charge is 2.33. The van der Waals surface area contributed by atoms with Crippen LogP contribution in [0.15, 0.2) is 83.3 Å². The van der Waals surface area contributed by atoms with Crippen LogP contribution in [0.1, 0.15) is 75.9 Å². The van der Waals surface area contributed by atoms with Gasteiger partial charge in [-0.25, -0.2) is 4.98 Å². The first kappa shape index (κ1) is 38.5. The van der Waals surface area contributed by atoms with Gasteiger partial charge in [0.2, 0.25) is 17.7 Å². The second-order valence-electron chi connectivity index (χ2n) is 12.5. The molecular weight excluding hydrogens is 656 g/mol. The van der Waals surface area contributed by atoms with Crippen molar-refractivity contribution in [2.45, 2.75) is 89.7 Å². The number of rotatable bonds is 19. The van der Waals surface area contributed by atoms with Crippen molar-refractivity contribution in [2.75, 3.05) is 6.54 Å². The maximum Gasteiger partial charge on any atom is 0.243 e. The summed E-state index contributed by atoms with van der Waals surface area (Å²) in [5, 5.41) is 22.9. The van der Waals surface area contributed by atoms with E-state index < -0.39 is 42.2 Å². The van der Waals surface area contributed by atoms with Gasteiger partial charge < -0.3 is 31.2 Å².